The highest BCUT2D eigenvalue weighted by atomic mass is 32.2. The zero-order chi connectivity index (χ0) is 24.7. The van der Waals surface area contributed by atoms with Crippen molar-refractivity contribution in [2.45, 2.75) is 35.3 Å². The molecule has 5 rings (SSSR count). The van der Waals surface area contributed by atoms with Crippen LogP contribution in [-0.4, -0.2) is 59.9 Å². The third kappa shape index (κ3) is 4.84. The van der Waals surface area contributed by atoms with E-state index in [9.17, 15) is 9.59 Å². The Bertz CT molecular complexity index is 1200. The van der Waals surface area contributed by atoms with Crippen LogP contribution >= 0.6 is 23.1 Å². The molecule has 0 radical (unpaired) electrons. The lowest BCUT2D eigenvalue weighted by atomic mass is 9.79. The molecule has 1 spiro atoms. The number of hydrogen-bond donors (Lipinski definition) is 1. The number of methoxy groups -OCH3 is 1. The Balaban J connectivity index is 1.29. The maximum Gasteiger partial charge on any atom is 0.257 e. The molecular formula is C26H30N4O3S2. The number of ether oxygens (including phenoxy) is 1. The Kier molecular flexibility index (Phi) is 6.40. The maximum atomic E-state index is 13.6. The molecule has 1 aromatic carbocycles. The number of thiazole rings is 1. The zero-order valence-corrected chi connectivity index (χ0v) is 21.8. The summed E-state index contributed by atoms with van der Waals surface area (Å²) in [6.07, 6.45) is 6.47. The van der Waals surface area contributed by atoms with E-state index in [-0.39, 0.29) is 23.1 Å². The van der Waals surface area contributed by atoms with Crippen LogP contribution in [0.3, 0.4) is 0 Å². The summed E-state index contributed by atoms with van der Waals surface area (Å²) in [5.41, 5.74) is 2.69. The normalized spacial score (nSPS) is 18.3. The van der Waals surface area contributed by atoms with Gasteiger partial charge in [-0.05, 0) is 50.0 Å². The number of nitrogens with one attached hydrogen (secondary N) is 1. The molecule has 7 nitrogen and oxygen atoms in total. The number of carbonyl (C=O) groups excluding carboxylic acids is 2. The van der Waals surface area contributed by atoms with Gasteiger partial charge in [0.2, 0.25) is 5.91 Å². The van der Waals surface area contributed by atoms with E-state index >= 15 is 0 Å². The van der Waals surface area contributed by atoms with E-state index in [2.05, 4.69) is 28.4 Å². The summed E-state index contributed by atoms with van der Waals surface area (Å²) >= 11 is 3.00. The van der Waals surface area contributed by atoms with Crippen molar-refractivity contribution >= 4 is 40.0 Å². The summed E-state index contributed by atoms with van der Waals surface area (Å²) in [6, 6.07) is 3.86. The number of amides is 2. The summed E-state index contributed by atoms with van der Waals surface area (Å²) < 4.78 is 6.56. The number of anilines is 1. The van der Waals surface area contributed by atoms with Crippen LogP contribution in [0.15, 0.2) is 52.4 Å². The van der Waals surface area contributed by atoms with E-state index in [1.807, 2.05) is 24.0 Å². The van der Waals surface area contributed by atoms with Crippen LogP contribution in [0.1, 0.15) is 35.2 Å². The lowest BCUT2D eigenvalue weighted by Crippen LogP contribution is -2.56. The van der Waals surface area contributed by atoms with Gasteiger partial charge in [0.05, 0.1) is 23.1 Å². The van der Waals surface area contributed by atoms with Crippen molar-refractivity contribution in [3.63, 3.8) is 0 Å². The van der Waals surface area contributed by atoms with Crippen molar-refractivity contribution in [1.82, 2.24) is 14.8 Å². The molecule has 2 amide bonds. The molecule has 3 fully saturated rings. The van der Waals surface area contributed by atoms with Crippen LogP contribution in [0.4, 0.5) is 5.13 Å². The van der Waals surface area contributed by atoms with Gasteiger partial charge in [-0.15, -0.1) is 0 Å². The number of benzene rings is 1. The fourth-order valence-electron chi connectivity index (χ4n) is 4.77. The van der Waals surface area contributed by atoms with Gasteiger partial charge in [0, 0.05) is 48.1 Å². The lowest BCUT2D eigenvalue weighted by Gasteiger charge is -2.49. The first-order valence-corrected chi connectivity index (χ1v) is 13.4. The van der Waals surface area contributed by atoms with E-state index < -0.39 is 0 Å². The third-order valence-corrected chi connectivity index (χ3v) is 9.19. The molecule has 9 heteroatoms. The van der Waals surface area contributed by atoms with E-state index in [1.54, 1.807) is 31.1 Å². The van der Waals surface area contributed by atoms with Gasteiger partial charge >= 0.3 is 0 Å². The predicted octanol–water partition coefficient (Wildman–Crippen LogP) is 4.81. The number of nitrogens with zero attached hydrogens (tertiary/aromatic N) is 3. The van der Waals surface area contributed by atoms with Crippen molar-refractivity contribution in [3.05, 3.63) is 54.4 Å². The molecule has 184 valence electrons. The lowest BCUT2D eigenvalue weighted by molar-refractivity contribution is -0.117. The fourth-order valence-corrected chi connectivity index (χ4v) is 6.71. The van der Waals surface area contributed by atoms with Crippen LogP contribution in [-0.2, 0) is 4.79 Å². The maximum absolute atomic E-state index is 13.6. The van der Waals surface area contributed by atoms with Gasteiger partial charge in [-0.1, -0.05) is 36.3 Å². The molecule has 2 saturated heterocycles. The standard InChI is InChI=1S/C26H30N4O3S2/c1-5-17(3)30-14-26(15-30)8-9-29(13-26)24(32)19-11-21(16(2)10-20(19)33-4)34-22-12-27-25(35-22)28-23(31)18-6-7-18/h5,10-12,18H,1,3,6-9,13-15H2,2,4H3,(H,27,28,31). The second-order valence-electron chi connectivity index (χ2n) is 9.70. The Morgan fingerprint density at radius 1 is 1.29 bits per heavy atom. The van der Waals surface area contributed by atoms with Crippen LogP contribution in [0, 0.1) is 18.3 Å². The average molecular weight is 511 g/mol. The second-order valence-corrected chi connectivity index (χ2v) is 12.1. The number of aryl methyl sites for hydroxylation is 1. The topological polar surface area (TPSA) is 74.8 Å². The molecule has 1 N–H and O–H groups in total. The van der Waals surface area contributed by atoms with Crippen LogP contribution in [0.2, 0.25) is 0 Å². The molecule has 2 aromatic rings. The largest absolute Gasteiger partial charge is 0.496 e. The van der Waals surface area contributed by atoms with E-state index in [4.69, 9.17) is 4.74 Å². The Morgan fingerprint density at radius 2 is 2.03 bits per heavy atom. The van der Waals surface area contributed by atoms with Crippen molar-refractivity contribution in [2.75, 3.05) is 38.6 Å². The number of hydrogen-bond acceptors (Lipinski definition) is 7. The molecule has 35 heavy (non-hydrogen) atoms. The summed E-state index contributed by atoms with van der Waals surface area (Å²) in [6.45, 7) is 13.2. The SMILES string of the molecule is C=CC(=C)N1CC2(CCN(C(=O)c3cc(Sc4cnc(NC(=O)C5CC5)s4)c(C)cc3OC)C2)C1. The Labute approximate surface area is 214 Å². The van der Waals surface area contributed by atoms with E-state index in [0.717, 1.165) is 65.8 Å². The molecule has 1 aliphatic carbocycles. The number of likely N-dealkylation sites (tertiary alicyclic amines) is 2. The van der Waals surface area contributed by atoms with Crippen molar-refractivity contribution in [1.29, 1.82) is 0 Å². The van der Waals surface area contributed by atoms with Gasteiger partial charge in [-0.3, -0.25) is 9.59 Å². The average Bonchev–Trinajstić information content (AvgIpc) is 3.44. The number of carbonyl (C=O) groups is 2. The number of allylic oxidation sites excluding steroid dienone is 1. The monoisotopic (exact) mass is 510 g/mol. The third-order valence-electron chi connectivity index (χ3n) is 7.02. The highest BCUT2D eigenvalue weighted by molar-refractivity contribution is 8.01. The van der Waals surface area contributed by atoms with Crippen LogP contribution < -0.4 is 10.1 Å². The van der Waals surface area contributed by atoms with Crippen molar-refractivity contribution in [3.8, 4) is 5.75 Å². The van der Waals surface area contributed by atoms with Crippen molar-refractivity contribution < 1.29 is 14.3 Å². The van der Waals surface area contributed by atoms with Gasteiger partial charge in [0.15, 0.2) is 5.13 Å². The Hall–Kier alpha value is -2.78. The molecule has 3 aliphatic rings. The van der Waals surface area contributed by atoms with Gasteiger partial charge in [0.1, 0.15) is 5.75 Å². The first-order valence-electron chi connectivity index (χ1n) is 11.8. The van der Waals surface area contributed by atoms with Crippen LogP contribution in [0.5, 0.6) is 5.75 Å². The quantitative estimate of drug-likeness (QED) is 0.514. The molecular weight excluding hydrogens is 480 g/mol. The number of rotatable bonds is 8. The van der Waals surface area contributed by atoms with Crippen molar-refractivity contribution in [2.24, 2.45) is 11.3 Å². The van der Waals surface area contributed by atoms with E-state index in [0.29, 0.717) is 16.4 Å². The predicted molar refractivity (Wildman–Crippen MR) is 139 cm³/mol. The minimum Gasteiger partial charge on any atom is -0.496 e. The van der Waals surface area contributed by atoms with Gasteiger partial charge in [-0.2, -0.15) is 0 Å². The van der Waals surface area contributed by atoms with E-state index in [1.165, 1.54) is 11.3 Å². The Morgan fingerprint density at radius 3 is 2.71 bits per heavy atom. The molecule has 0 unspecified atom stereocenters. The van der Waals surface area contributed by atoms with Gasteiger partial charge in [-0.25, -0.2) is 4.98 Å². The van der Waals surface area contributed by atoms with Gasteiger partial charge < -0.3 is 19.9 Å². The molecule has 0 atom stereocenters. The van der Waals surface area contributed by atoms with Gasteiger partial charge in [0.25, 0.3) is 5.91 Å². The summed E-state index contributed by atoms with van der Waals surface area (Å²) in [7, 11) is 1.60. The minimum absolute atomic E-state index is 0.00302. The molecule has 1 aromatic heterocycles. The minimum atomic E-state index is 0.00302. The first kappa shape index (κ1) is 23.9. The van der Waals surface area contributed by atoms with Crippen LogP contribution in [0.25, 0.3) is 0 Å². The highest BCUT2D eigenvalue weighted by Crippen LogP contribution is 2.43. The molecule has 3 heterocycles. The highest BCUT2D eigenvalue weighted by Gasteiger charge is 2.49. The summed E-state index contributed by atoms with van der Waals surface area (Å²) in [4.78, 5) is 35.1. The molecule has 0 bridgehead atoms. The second kappa shape index (κ2) is 9.35. The summed E-state index contributed by atoms with van der Waals surface area (Å²) in [5, 5.41) is 3.52. The summed E-state index contributed by atoms with van der Waals surface area (Å²) in [5.74, 6) is 0.787. The first-order chi connectivity index (χ1) is 16.8. The molecule has 1 saturated carbocycles. The number of aromatic nitrogens is 1. The zero-order valence-electron chi connectivity index (χ0n) is 20.1. The molecule has 2 aliphatic heterocycles. The smallest absolute Gasteiger partial charge is 0.257 e. The fraction of sp³-hybridized carbons (Fsp3) is 0.423.